The summed E-state index contributed by atoms with van der Waals surface area (Å²) in [5.74, 6) is 0.728. The van der Waals surface area contributed by atoms with Crippen molar-refractivity contribution in [3.05, 3.63) is 29.6 Å². The topological polar surface area (TPSA) is 15.3 Å². The van der Waals surface area contributed by atoms with E-state index in [9.17, 15) is 4.39 Å². The molecule has 1 aromatic carbocycles. The first-order chi connectivity index (χ1) is 10.2. The predicted molar refractivity (Wildman–Crippen MR) is 88.2 cm³/mol. The molecule has 21 heavy (non-hydrogen) atoms. The third-order valence-corrected chi connectivity index (χ3v) is 4.49. The summed E-state index contributed by atoms with van der Waals surface area (Å²) in [5.41, 5.74) is 2.11. The summed E-state index contributed by atoms with van der Waals surface area (Å²) < 4.78 is 13.9. The summed E-state index contributed by atoms with van der Waals surface area (Å²) in [6.07, 6.45) is 6.14. The van der Waals surface area contributed by atoms with E-state index < -0.39 is 0 Å². The van der Waals surface area contributed by atoms with Crippen molar-refractivity contribution in [3.8, 4) is 0 Å². The Balaban J connectivity index is 2.04. The summed E-state index contributed by atoms with van der Waals surface area (Å²) in [5, 5.41) is 3.35. The lowest BCUT2D eigenvalue weighted by molar-refractivity contribution is 0.459. The highest BCUT2D eigenvalue weighted by molar-refractivity contribution is 5.49. The molecule has 2 nitrogen and oxygen atoms in total. The van der Waals surface area contributed by atoms with Crippen molar-refractivity contribution in [1.82, 2.24) is 5.32 Å². The van der Waals surface area contributed by atoms with Crippen LogP contribution in [0.25, 0.3) is 0 Å². The summed E-state index contributed by atoms with van der Waals surface area (Å²) in [4.78, 5) is 2.36. The van der Waals surface area contributed by atoms with Crippen LogP contribution in [0.4, 0.5) is 10.1 Å². The minimum atomic E-state index is -0.114. The summed E-state index contributed by atoms with van der Waals surface area (Å²) in [6, 6.07) is 5.49. The maximum absolute atomic E-state index is 13.9. The summed E-state index contributed by atoms with van der Waals surface area (Å²) in [7, 11) is 0. The monoisotopic (exact) mass is 292 g/mol. The van der Waals surface area contributed by atoms with Crippen molar-refractivity contribution in [2.24, 2.45) is 5.92 Å². The number of benzene rings is 1. The highest BCUT2D eigenvalue weighted by Crippen LogP contribution is 2.25. The van der Waals surface area contributed by atoms with Gasteiger partial charge in [0.15, 0.2) is 0 Å². The van der Waals surface area contributed by atoms with Gasteiger partial charge in [-0.15, -0.1) is 0 Å². The number of halogens is 1. The van der Waals surface area contributed by atoms with Gasteiger partial charge in [0.1, 0.15) is 5.82 Å². The lowest BCUT2D eigenvalue weighted by Crippen LogP contribution is -2.24. The Hall–Kier alpha value is -1.09. The second-order valence-electron chi connectivity index (χ2n) is 6.19. The van der Waals surface area contributed by atoms with Gasteiger partial charge in [-0.2, -0.15) is 0 Å². The number of hydrogen-bond acceptors (Lipinski definition) is 2. The first kappa shape index (κ1) is 16.3. The van der Waals surface area contributed by atoms with Crippen molar-refractivity contribution in [1.29, 1.82) is 0 Å². The van der Waals surface area contributed by atoms with E-state index in [-0.39, 0.29) is 5.82 Å². The fourth-order valence-corrected chi connectivity index (χ4v) is 3.16. The summed E-state index contributed by atoms with van der Waals surface area (Å²) >= 11 is 0. The fourth-order valence-electron chi connectivity index (χ4n) is 3.16. The van der Waals surface area contributed by atoms with Gasteiger partial charge in [-0.25, -0.2) is 4.39 Å². The molecule has 0 aliphatic carbocycles. The zero-order valence-electron chi connectivity index (χ0n) is 13.5. The van der Waals surface area contributed by atoms with E-state index in [1.165, 1.54) is 25.7 Å². The largest absolute Gasteiger partial charge is 0.371 e. The molecule has 1 unspecified atom stereocenters. The van der Waals surface area contributed by atoms with Crippen LogP contribution in [0.2, 0.25) is 0 Å². The highest BCUT2D eigenvalue weighted by atomic mass is 19.1. The lowest BCUT2D eigenvalue weighted by atomic mass is 9.98. The van der Waals surface area contributed by atoms with E-state index in [0.29, 0.717) is 0 Å². The molecule has 1 heterocycles. The first-order valence-electron chi connectivity index (χ1n) is 8.48. The second-order valence-corrected chi connectivity index (χ2v) is 6.19. The molecule has 0 radical (unpaired) electrons. The molecule has 1 aliphatic rings. The van der Waals surface area contributed by atoms with E-state index in [0.717, 1.165) is 49.8 Å². The van der Waals surface area contributed by atoms with Gasteiger partial charge in [0.2, 0.25) is 0 Å². The Kier molecular flexibility index (Phi) is 6.50. The van der Waals surface area contributed by atoms with E-state index in [1.54, 1.807) is 12.1 Å². The third kappa shape index (κ3) is 4.99. The van der Waals surface area contributed by atoms with Crippen molar-refractivity contribution < 1.29 is 4.39 Å². The molecule has 0 aromatic heterocycles. The number of rotatable bonds is 6. The van der Waals surface area contributed by atoms with Crippen LogP contribution in [-0.2, 0) is 6.54 Å². The van der Waals surface area contributed by atoms with E-state index >= 15 is 0 Å². The van der Waals surface area contributed by atoms with Crippen molar-refractivity contribution in [2.75, 3.05) is 24.5 Å². The minimum Gasteiger partial charge on any atom is -0.371 e. The Morgan fingerprint density at radius 3 is 2.81 bits per heavy atom. The molecule has 1 N–H and O–H groups in total. The average molecular weight is 292 g/mol. The average Bonchev–Trinajstić information content (AvgIpc) is 2.72. The van der Waals surface area contributed by atoms with Crippen LogP contribution in [0.15, 0.2) is 18.2 Å². The Morgan fingerprint density at radius 1 is 1.19 bits per heavy atom. The molecule has 0 amide bonds. The van der Waals surface area contributed by atoms with E-state index in [2.05, 4.69) is 30.1 Å². The van der Waals surface area contributed by atoms with Crippen LogP contribution >= 0.6 is 0 Å². The number of anilines is 1. The quantitative estimate of drug-likeness (QED) is 0.785. The Bertz CT molecular complexity index is 433. The van der Waals surface area contributed by atoms with Gasteiger partial charge < -0.3 is 10.2 Å². The maximum atomic E-state index is 13.9. The van der Waals surface area contributed by atoms with Crippen LogP contribution in [0.1, 0.15) is 51.5 Å². The lowest BCUT2D eigenvalue weighted by Gasteiger charge is -2.24. The van der Waals surface area contributed by atoms with Gasteiger partial charge in [-0.1, -0.05) is 20.3 Å². The second kappa shape index (κ2) is 8.38. The number of hydrogen-bond donors (Lipinski definition) is 1. The molecule has 0 saturated carbocycles. The van der Waals surface area contributed by atoms with Crippen LogP contribution in [0.3, 0.4) is 0 Å². The van der Waals surface area contributed by atoms with Gasteiger partial charge in [0, 0.05) is 25.3 Å². The van der Waals surface area contributed by atoms with Gasteiger partial charge >= 0.3 is 0 Å². The third-order valence-electron chi connectivity index (χ3n) is 4.49. The SMILES string of the molecule is CCCNCc1cc(F)cc(N2CCCC(CC)CC2)c1. The molecule has 3 heteroatoms. The van der Waals surface area contributed by atoms with Crippen LogP contribution in [0.5, 0.6) is 0 Å². The van der Waals surface area contributed by atoms with Gasteiger partial charge in [0.25, 0.3) is 0 Å². The van der Waals surface area contributed by atoms with Gasteiger partial charge in [-0.3, -0.25) is 0 Å². The van der Waals surface area contributed by atoms with Crippen LogP contribution in [-0.4, -0.2) is 19.6 Å². The molecule has 1 saturated heterocycles. The van der Waals surface area contributed by atoms with E-state index in [1.807, 2.05) is 0 Å². The Morgan fingerprint density at radius 2 is 2.05 bits per heavy atom. The summed E-state index contributed by atoms with van der Waals surface area (Å²) in [6.45, 7) is 8.27. The maximum Gasteiger partial charge on any atom is 0.125 e. The molecule has 118 valence electrons. The molecular formula is C18H29FN2. The van der Waals surface area contributed by atoms with Crippen molar-refractivity contribution in [2.45, 2.75) is 52.5 Å². The smallest absolute Gasteiger partial charge is 0.125 e. The zero-order chi connectivity index (χ0) is 15.1. The molecule has 1 fully saturated rings. The number of nitrogens with one attached hydrogen (secondary N) is 1. The van der Waals surface area contributed by atoms with Crippen molar-refractivity contribution in [3.63, 3.8) is 0 Å². The van der Waals surface area contributed by atoms with Crippen molar-refractivity contribution >= 4 is 5.69 Å². The minimum absolute atomic E-state index is 0.114. The van der Waals surface area contributed by atoms with E-state index in [4.69, 9.17) is 0 Å². The zero-order valence-corrected chi connectivity index (χ0v) is 13.5. The Labute approximate surface area is 128 Å². The molecule has 2 rings (SSSR count). The number of nitrogens with zero attached hydrogens (tertiary/aromatic N) is 1. The van der Waals surface area contributed by atoms with Crippen LogP contribution in [0, 0.1) is 11.7 Å². The van der Waals surface area contributed by atoms with Gasteiger partial charge in [-0.05, 0) is 61.9 Å². The molecule has 1 atom stereocenters. The molecule has 0 spiro atoms. The fraction of sp³-hybridized carbons (Fsp3) is 0.667. The molecular weight excluding hydrogens is 263 g/mol. The first-order valence-corrected chi connectivity index (χ1v) is 8.48. The normalized spacial score (nSPS) is 19.6. The molecule has 0 bridgehead atoms. The standard InChI is InChI=1S/C18H29FN2/c1-3-8-20-14-16-11-17(19)13-18(12-16)21-9-5-6-15(4-2)7-10-21/h11-13,15,20H,3-10,14H2,1-2H3. The predicted octanol–water partition coefficient (Wildman–Crippen LogP) is 4.34. The molecule has 1 aliphatic heterocycles. The highest BCUT2D eigenvalue weighted by Gasteiger charge is 2.16. The van der Waals surface area contributed by atoms with Gasteiger partial charge in [0.05, 0.1) is 0 Å². The molecule has 1 aromatic rings. The van der Waals surface area contributed by atoms with Crippen LogP contribution < -0.4 is 10.2 Å².